The molecule has 0 radical (unpaired) electrons. The zero-order chi connectivity index (χ0) is 17.0. The van der Waals surface area contributed by atoms with E-state index in [9.17, 15) is 9.59 Å². The van der Waals surface area contributed by atoms with Gasteiger partial charge in [0.25, 0.3) is 5.91 Å². The molecule has 0 saturated heterocycles. The first-order chi connectivity index (χ1) is 10.9. The first kappa shape index (κ1) is 17.8. The number of furan rings is 1. The average molecular weight is 420 g/mol. The van der Waals surface area contributed by atoms with E-state index in [1.807, 2.05) is 0 Å². The van der Waals surface area contributed by atoms with Crippen LogP contribution in [0.5, 0.6) is 0 Å². The molecule has 0 fully saturated rings. The van der Waals surface area contributed by atoms with Crippen LogP contribution >= 0.6 is 39.1 Å². The molecule has 1 aromatic heterocycles. The second-order valence-corrected chi connectivity index (χ2v) is 6.37. The molecular formula is C15H13BrCl2N2O3. The van der Waals surface area contributed by atoms with Crippen molar-refractivity contribution in [2.24, 2.45) is 0 Å². The molecule has 0 aliphatic carbocycles. The van der Waals surface area contributed by atoms with Gasteiger partial charge in [-0.3, -0.25) is 9.59 Å². The van der Waals surface area contributed by atoms with Gasteiger partial charge >= 0.3 is 0 Å². The number of hydrogen-bond acceptors (Lipinski definition) is 3. The van der Waals surface area contributed by atoms with Crippen molar-refractivity contribution in [2.45, 2.75) is 13.0 Å². The quantitative estimate of drug-likeness (QED) is 0.770. The Morgan fingerprint density at radius 1 is 1.26 bits per heavy atom. The fraction of sp³-hybridized carbons (Fsp3) is 0.200. The molecule has 2 N–H and O–H groups in total. The minimum absolute atomic E-state index is 0.124. The first-order valence-electron chi connectivity index (χ1n) is 6.64. The Morgan fingerprint density at radius 2 is 2.00 bits per heavy atom. The maximum absolute atomic E-state index is 11.9. The molecule has 8 heteroatoms. The lowest BCUT2D eigenvalue weighted by molar-refractivity contribution is -0.120. The number of amides is 2. The van der Waals surface area contributed by atoms with Gasteiger partial charge in [-0.2, -0.15) is 0 Å². The van der Waals surface area contributed by atoms with Crippen LogP contribution in [0.15, 0.2) is 39.4 Å². The Morgan fingerprint density at radius 3 is 2.61 bits per heavy atom. The van der Waals surface area contributed by atoms with Gasteiger partial charge in [-0.25, -0.2) is 0 Å². The number of carbonyl (C=O) groups excluding carboxylic acids is 2. The molecular weight excluding hydrogens is 407 g/mol. The van der Waals surface area contributed by atoms with Gasteiger partial charge in [0, 0.05) is 10.0 Å². The fourth-order valence-electron chi connectivity index (χ4n) is 1.91. The molecule has 2 aromatic rings. The number of hydrogen-bond donors (Lipinski definition) is 2. The second-order valence-electron chi connectivity index (χ2n) is 4.74. The van der Waals surface area contributed by atoms with E-state index in [0.29, 0.717) is 14.7 Å². The number of halogens is 3. The van der Waals surface area contributed by atoms with Gasteiger partial charge in [-0.05, 0) is 52.7 Å². The standard InChI is InChI=1S/C15H13BrCl2N2O3/c1-8(10-3-2-9(17)6-11(10)18)20-14(21)7-19-15(22)12-4-5-13(16)23-12/h2-6,8H,7H2,1H3,(H,19,22)(H,20,21). The van der Waals surface area contributed by atoms with Gasteiger partial charge in [-0.15, -0.1) is 0 Å². The van der Waals surface area contributed by atoms with E-state index in [1.165, 1.54) is 6.07 Å². The molecule has 0 aliphatic heterocycles. The van der Waals surface area contributed by atoms with E-state index in [2.05, 4.69) is 26.6 Å². The Hall–Kier alpha value is -1.50. The van der Waals surface area contributed by atoms with Crippen molar-refractivity contribution in [1.82, 2.24) is 10.6 Å². The minimum Gasteiger partial charge on any atom is -0.444 e. The molecule has 2 rings (SSSR count). The van der Waals surface area contributed by atoms with Crippen molar-refractivity contribution in [3.8, 4) is 0 Å². The zero-order valence-corrected chi connectivity index (χ0v) is 15.1. The number of rotatable bonds is 5. The molecule has 2 amide bonds. The molecule has 1 unspecified atom stereocenters. The van der Waals surface area contributed by atoms with Crippen molar-refractivity contribution in [3.05, 3.63) is 56.4 Å². The van der Waals surface area contributed by atoms with E-state index in [4.69, 9.17) is 27.6 Å². The summed E-state index contributed by atoms with van der Waals surface area (Å²) >= 11 is 15.0. The summed E-state index contributed by atoms with van der Waals surface area (Å²) in [4.78, 5) is 23.7. The van der Waals surface area contributed by atoms with Crippen LogP contribution in [-0.4, -0.2) is 18.4 Å². The Labute approximate surface area is 151 Å². The number of nitrogens with one attached hydrogen (secondary N) is 2. The van der Waals surface area contributed by atoms with Crippen molar-refractivity contribution in [1.29, 1.82) is 0 Å². The van der Waals surface area contributed by atoms with Crippen molar-refractivity contribution in [3.63, 3.8) is 0 Å². The monoisotopic (exact) mass is 418 g/mol. The van der Waals surface area contributed by atoms with Gasteiger partial charge in [0.2, 0.25) is 5.91 Å². The van der Waals surface area contributed by atoms with Crippen molar-refractivity contribution in [2.75, 3.05) is 6.54 Å². The Kier molecular flexibility index (Phi) is 6.10. The number of benzene rings is 1. The van der Waals surface area contributed by atoms with Crippen LogP contribution in [0, 0.1) is 0 Å². The highest BCUT2D eigenvalue weighted by molar-refractivity contribution is 9.10. The minimum atomic E-state index is -0.469. The van der Waals surface area contributed by atoms with Crippen LogP contribution in [0.2, 0.25) is 10.0 Å². The Bertz CT molecular complexity index is 733. The SMILES string of the molecule is CC(NC(=O)CNC(=O)c1ccc(Br)o1)c1ccc(Cl)cc1Cl. The topological polar surface area (TPSA) is 71.3 Å². The van der Waals surface area contributed by atoms with Crippen LogP contribution in [0.25, 0.3) is 0 Å². The lowest BCUT2D eigenvalue weighted by Gasteiger charge is -2.16. The second kappa shape index (κ2) is 7.86. The van der Waals surface area contributed by atoms with Crippen LogP contribution in [0.4, 0.5) is 0 Å². The van der Waals surface area contributed by atoms with Crippen LogP contribution in [0.1, 0.15) is 29.1 Å². The van der Waals surface area contributed by atoms with Gasteiger partial charge in [0.1, 0.15) is 0 Å². The van der Waals surface area contributed by atoms with Gasteiger partial charge in [0.05, 0.1) is 12.6 Å². The molecule has 0 spiro atoms. The van der Waals surface area contributed by atoms with Gasteiger partial charge in [-0.1, -0.05) is 29.3 Å². The Balaban J connectivity index is 1.88. The summed E-state index contributed by atoms with van der Waals surface area (Å²) in [6.07, 6.45) is 0. The lowest BCUT2D eigenvalue weighted by Crippen LogP contribution is -2.38. The maximum Gasteiger partial charge on any atom is 0.287 e. The average Bonchev–Trinajstić information content (AvgIpc) is 2.91. The summed E-state index contributed by atoms with van der Waals surface area (Å²) in [5.74, 6) is -0.691. The van der Waals surface area contributed by atoms with Crippen molar-refractivity contribution < 1.29 is 14.0 Å². The maximum atomic E-state index is 11.9. The number of carbonyl (C=O) groups is 2. The van der Waals surface area contributed by atoms with E-state index in [-0.39, 0.29) is 24.3 Å². The van der Waals surface area contributed by atoms with E-state index in [1.54, 1.807) is 31.2 Å². The van der Waals surface area contributed by atoms with Crippen LogP contribution in [-0.2, 0) is 4.79 Å². The lowest BCUT2D eigenvalue weighted by atomic mass is 10.1. The summed E-state index contributed by atoms with van der Waals surface area (Å²) in [5.41, 5.74) is 0.741. The summed E-state index contributed by atoms with van der Waals surface area (Å²) in [6, 6.07) is 7.84. The van der Waals surface area contributed by atoms with Crippen LogP contribution in [0.3, 0.4) is 0 Å². The van der Waals surface area contributed by atoms with Crippen LogP contribution < -0.4 is 10.6 Å². The zero-order valence-electron chi connectivity index (χ0n) is 12.0. The van der Waals surface area contributed by atoms with Gasteiger partial charge in [0.15, 0.2) is 10.4 Å². The van der Waals surface area contributed by atoms with E-state index < -0.39 is 5.91 Å². The molecule has 0 saturated carbocycles. The summed E-state index contributed by atoms with van der Waals surface area (Å²) in [5, 5.41) is 6.21. The summed E-state index contributed by atoms with van der Waals surface area (Å²) in [7, 11) is 0. The molecule has 23 heavy (non-hydrogen) atoms. The molecule has 0 aliphatic rings. The normalized spacial score (nSPS) is 11.8. The highest BCUT2D eigenvalue weighted by Gasteiger charge is 2.15. The largest absolute Gasteiger partial charge is 0.444 e. The third-order valence-electron chi connectivity index (χ3n) is 3.01. The molecule has 1 atom stereocenters. The van der Waals surface area contributed by atoms with E-state index in [0.717, 1.165) is 5.56 Å². The van der Waals surface area contributed by atoms with E-state index >= 15 is 0 Å². The first-order valence-corrected chi connectivity index (χ1v) is 8.19. The third-order valence-corrected chi connectivity index (χ3v) is 4.00. The molecule has 5 nitrogen and oxygen atoms in total. The third kappa shape index (κ3) is 4.99. The molecule has 1 aromatic carbocycles. The highest BCUT2D eigenvalue weighted by atomic mass is 79.9. The predicted molar refractivity (Wildman–Crippen MR) is 91.8 cm³/mol. The smallest absolute Gasteiger partial charge is 0.287 e. The fourth-order valence-corrected chi connectivity index (χ4v) is 2.79. The summed E-state index contributed by atoms with van der Waals surface area (Å²) in [6.45, 7) is 1.62. The predicted octanol–water partition coefficient (Wildman–Crippen LogP) is 3.96. The van der Waals surface area contributed by atoms with Crippen molar-refractivity contribution >= 4 is 50.9 Å². The molecule has 1 heterocycles. The highest BCUT2D eigenvalue weighted by Crippen LogP contribution is 2.25. The van der Waals surface area contributed by atoms with Gasteiger partial charge < -0.3 is 15.1 Å². The summed E-state index contributed by atoms with van der Waals surface area (Å²) < 4.78 is 5.54. The molecule has 122 valence electrons. The molecule has 0 bridgehead atoms.